The van der Waals surface area contributed by atoms with Crippen LogP contribution in [0.1, 0.15) is 91.9 Å². The number of hydrogen-bond acceptors (Lipinski definition) is 4. The molecule has 0 heterocycles. The fourth-order valence-corrected chi connectivity index (χ4v) is 2.19. The van der Waals surface area contributed by atoms with Crippen LogP contribution in [0.3, 0.4) is 0 Å². The Kier molecular flexibility index (Phi) is 13.8. The molecular weight excluding hydrogens is 304 g/mol. The zero-order chi connectivity index (χ0) is 18.2. The summed E-state index contributed by atoms with van der Waals surface area (Å²) in [5, 5.41) is 8.10. The predicted molar refractivity (Wildman–Crippen MR) is 100 cm³/mol. The normalized spacial score (nSPS) is 12.2. The van der Waals surface area contributed by atoms with E-state index < -0.39 is 0 Å². The van der Waals surface area contributed by atoms with Crippen molar-refractivity contribution < 1.29 is 9.59 Å². The Balaban J connectivity index is 3.63. The molecule has 0 fully saturated rings. The SMILES string of the molecule is CCC/C(C)=N/NC(=O)CCCCCCC(=O)N/N=C(\C)CCC. The quantitative estimate of drug-likeness (QED) is 0.303. The summed E-state index contributed by atoms with van der Waals surface area (Å²) in [5.74, 6) is -0.0761. The van der Waals surface area contributed by atoms with Crippen molar-refractivity contribution in [3.05, 3.63) is 0 Å². The van der Waals surface area contributed by atoms with Gasteiger partial charge in [-0.2, -0.15) is 10.2 Å². The van der Waals surface area contributed by atoms with Gasteiger partial charge < -0.3 is 0 Å². The van der Waals surface area contributed by atoms with E-state index in [4.69, 9.17) is 0 Å². The Hall–Kier alpha value is -1.72. The fourth-order valence-electron chi connectivity index (χ4n) is 2.19. The van der Waals surface area contributed by atoms with Crippen molar-refractivity contribution >= 4 is 23.2 Å². The Morgan fingerprint density at radius 1 is 0.667 bits per heavy atom. The van der Waals surface area contributed by atoms with Crippen molar-refractivity contribution in [3.63, 3.8) is 0 Å². The minimum absolute atomic E-state index is 0.0380. The Bertz CT molecular complexity index is 391. The van der Waals surface area contributed by atoms with E-state index in [9.17, 15) is 9.59 Å². The van der Waals surface area contributed by atoms with E-state index in [-0.39, 0.29) is 11.8 Å². The van der Waals surface area contributed by atoms with Gasteiger partial charge in [0, 0.05) is 24.3 Å². The summed E-state index contributed by atoms with van der Waals surface area (Å²) in [4.78, 5) is 23.2. The monoisotopic (exact) mass is 338 g/mol. The Morgan fingerprint density at radius 2 is 1.04 bits per heavy atom. The molecule has 2 amide bonds. The van der Waals surface area contributed by atoms with Crippen LogP contribution in [0.25, 0.3) is 0 Å². The zero-order valence-electron chi connectivity index (χ0n) is 15.8. The van der Waals surface area contributed by atoms with Crippen LogP contribution >= 0.6 is 0 Å². The highest BCUT2D eigenvalue weighted by molar-refractivity contribution is 5.84. The van der Waals surface area contributed by atoms with Crippen LogP contribution in [0.4, 0.5) is 0 Å². The van der Waals surface area contributed by atoms with Crippen LogP contribution in [-0.2, 0) is 9.59 Å². The van der Waals surface area contributed by atoms with Crippen LogP contribution < -0.4 is 10.9 Å². The van der Waals surface area contributed by atoms with E-state index >= 15 is 0 Å². The smallest absolute Gasteiger partial charge is 0.240 e. The second-order valence-electron chi connectivity index (χ2n) is 6.18. The van der Waals surface area contributed by atoms with Crippen LogP contribution in [0.15, 0.2) is 10.2 Å². The first-order chi connectivity index (χ1) is 11.5. The third-order valence-electron chi connectivity index (χ3n) is 3.52. The molecule has 0 aliphatic rings. The summed E-state index contributed by atoms with van der Waals surface area (Å²) in [7, 11) is 0. The van der Waals surface area contributed by atoms with Crippen LogP contribution in [0.5, 0.6) is 0 Å². The number of nitrogens with zero attached hydrogens (tertiary/aromatic N) is 2. The molecule has 0 rings (SSSR count). The number of hydrogen-bond donors (Lipinski definition) is 2. The molecule has 6 heteroatoms. The third-order valence-corrected chi connectivity index (χ3v) is 3.52. The summed E-state index contributed by atoms with van der Waals surface area (Å²) in [6, 6.07) is 0. The van der Waals surface area contributed by atoms with Gasteiger partial charge in [0.25, 0.3) is 0 Å². The Morgan fingerprint density at radius 3 is 1.38 bits per heavy atom. The lowest BCUT2D eigenvalue weighted by molar-refractivity contribution is -0.122. The van der Waals surface area contributed by atoms with E-state index in [0.717, 1.165) is 62.8 Å². The molecule has 0 saturated carbocycles. The van der Waals surface area contributed by atoms with Crippen molar-refractivity contribution in [1.29, 1.82) is 0 Å². The van der Waals surface area contributed by atoms with Crippen LogP contribution in [-0.4, -0.2) is 23.2 Å². The van der Waals surface area contributed by atoms with Crippen LogP contribution in [0, 0.1) is 0 Å². The van der Waals surface area contributed by atoms with Crippen molar-refractivity contribution in [3.8, 4) is 0 Å². The van der Waals surface area contributed by atoms with Crippen LogP contribution in [0.2, 0.25) is 0 Å². The number of nitrogens with one attached hydrogen (secondary N) is 2. The average molecular weight is 338 g/mol. The van der Waals surface area contributed by atoms with Gasteiger partial charge in [0.2, 0.25) is 11.8 Å². The second kappa shape index (κ2) is 14.8. The summed E-state index contributed by atoms with van der Waals surface area (Å²) in [6.07, 6.45) is 8.37. The second-order valence-corrected chi connectivity index (χ2v) is 6.18. The van der Waals surface area contributed by atoms with Gasteiger partial charge in [0.1, 0.15) is 0 Å². The van der Waals surface area contributed by atoms with Gasteiger partial charge in [-0.15, -0.1) is 0 Å². The van der Waals surface area contributed by atoms with Gasteiger partial charge in [-0.3, -0.25) is 9.59 Å². The van der Waals surface area contributed by atoms with Crippen molar-refractivity contribution in [2.24, 2.45) is 10.2 Å². The Labute approximate surface area is 146 Å². The molecule has 0 aromatic heterocycles. The molecule has 6 nitrogen and oxygen atoms in total. The van der Waals surface area contributed by atoms with E-state index in [1.807, 2.05) is 13.8 Å². The average Bonchev–Trinajstić information content (AvgIpc) is 2.54. The molecule has 0 atom stereocenters. The number of rotatable bonds is 13. The first-order valence-corrected chi connectivity index (χ1v) is 9.13. The van der Waals surface area contributed by atoms with Crippen molar-refractivity contribution in [2.75, 3.05) is 0 Å². The molecule has 0 aromatic carbocycles. The highest BCUT2D eigenvalue weighted by atomic mass is 16.2. The number of carbonyl (C=O) groups is 2. The molecule has 0 bridgehead atoms. The van der Waals surface area contributed by atoms with Gasteiger partial charge in [-0.05, 0) is 39.5 Å². The lowest BCUT2D eigenvalue weighted by Crippen LogP contribution is -2.19. The standard InChI is InChI=1S/C18H34N4O2/c1-5-11-15(3)19-21-17(23)13-9-7-8-10-14-18(24)22-20-16(4)12-6-2/h5-14H2,1-4H3,(H,21,23)(H,22,24)/b19-15+,20-16+. The van der Waals surface area contributed by atoms with E-state index in [1.54, 1.807) is 0 Å². The fraction of sp³-hybridized carbons (Fsp3) is 0.778. The van der Waals surface area contributed by atoms with E-state index in [1.165, 1.54) is 0 Å². The minimum Gasteiger partial charge on any atom is -0.273 e. The maximum atomic E-state index is 11.6. The molecule has 0 unspecified atom stereocenters. The van der Waals surface area contributed by atoms with Crippen molar-refractivity contribution in [1.82, 2.24) is 10.9 Å². The largest absolute Gasteiger partial charge is 0.273 e. The number of carbonyl (C=O) groups excluding carboxylic acids is 2. The summed E-state index contributed by atoms with van der Waals surface area (Å²) in [6.45, 7) is 8.00. The van der Waals surface area contributed by atoms with E-state index in [2.05, 4.69) is 34.9 Å². The lowest BCUT2D eigenvalue weighted by atomic mass is 10.1. The first kappa shape index (κ1) is 22.3. The van der Waals surface area contributed by atoms with E-state index in [0.29, 0.717) is 12.8 Å². The maximum absolute atomic E-state index is 11.6. The molecule has 0 aliphatic carbocycles. The number of amides is 2. The number of unbranched alkanes of at least 4 members (excludes halogenated alkanes) is 3. The molecule has 0 aromatic rings. The summed E-state index contributed by atoms with van der Waals surface area (Å²) >= 11 is 0. The number of hydrazone groups is 2. The highest BCUT2D eigenvalue weighted by Gasteiger charge is 2.02. The lowest BCUT2D eigenvalue weighted by Gasteiger charge is -2.03. The topological polar surface area (TPSA) is 82.9 Å². The van der Waals surface area contributed by atoms with Gasteiger partial charge in [-0.1, -0.05) is 39.5 Å². The molecule has 24 heavy (non-hydrogen) atoms. The molecule has 0 aliphatic heterocycles. The molecule has 0 radical (unpaired) electrons. The van der Waals surface area contributed by atoms with Gasteiger partial charge in [0.15, 0.2) is 0 Å². The highest BCUT2D eigenvalue weighted by Crippen LogP contribution is 2.05. The zero-order valence-corrected chi connectivity index (χ0v) is 15.8. The summed E-state index contributed by atoms with van der Waals surface area (Å²) in [5.41, 5.74) is 7.07. The molecular formula is C18H34N4O2. The third kappa shape index (κ3) is 13.9. The summed E-state index contributed by atoms with van der Waals surface area (Å²) < 4.78 is 0. The molecule has 0 spiro atoms. The van der Waals surface area contributed by atoms with Crippen molar-refractivity contribution in [2.45, 2.75) is 91.9 Å². The maximum Gasteiger partial charge on any atom is 0.240 e. The predicted octanol–water partition coefficient (Wildman–Crippen LogP) is 3.91. The molecule has 0 saturated heterocycles. The van der Waals surface area contributed by atoms with Gasteiger partial charge in [0.05, 0.1) is 0 Å². The minimum atomic E-state index is -0.0380. The molecule has 2 N–H and O–H groups in total. The van der Waals surface area contributed by atoms with Gasteiger partial charge >= 0.3 is 0 Å². The first-order valence-electron chi connectivity index (χ1n) is 9.13. The molecule has 138 valence electrons. The van der Waals surface area contributed by atoms with Gasteiger partial charge in [-0.25, -0.2) is 10.9 Å².